The van der Waals surface area contributed by atoms with Crippen LogP contribution in [0.1, 0.15) is 24.1 Å². The van der Waals surface area contributed by atoms with Crippen molar-refractivity contribution in [3.63, 3.8) is 0 Å². The summed E-state index contributed by atoms with van der Waals surface area (Å²) < 4.78 is 0. The van der Waals surface area contributed by atoms with Crippen LogP contribution in [0.4, 0.5) is 0 Å². The van der Waals surface area contributed by atoms with Gasteiger partial charge in [0.15, 0.2) is 5.16 Å². The molecule has 0 fully saturated rings. The summed E-state index contributed by atoms with van der Waals surface area (Å²) in [6, 6.07) is 4.25. The molecular formula is C15H16N2S2. The lowest BCUT2D eigenvalue weighted by atomic mass is 9.94. The molecule has 2 heterocycles. The summed E-state index contributed by atoms with van der Waals surface area (Å²) in [4.78, 5) is 10.8. The van der Waals surface area contributed by atoms with E-state index in [1.165, 1.54) is 29.0 Å². The first-order chi connectivity index (χ1) is 9.38. The standard InChI is InChI=1S/C15H16N2S2/c1-2-9-19-15-16-12-7-4-3-6-11(12)14(17-15)13-8-5-10-18-13/h2,5,8,10H,1,3-4,6-7,9H2. The van der Waals surface area contributed by atoms with Crippen LogP contribution in [0.25, 0.3) is 10.6 Å². The van der Waals surface area contributed by atoms with Crippen molar-refractivity contribution in [3.8, 4) is 10.6 Å². The number of aryl methyl sites for hydroxylation is 1. The third-order valence-electron chi connectivity index (χ3n) is 3.25. The highest BCUT2D eigenvalue weighted by Crippen LogP contribution is 2.33. The van der Waals surface area contributed by atoms with Gasteiger partial charge in [-0.05, 0) is 37.1 Å². The molecule has 0 saturated carbocycles. The van der Waals surface area contributed by atoms with Crippen molar-refractivity contribution in [1.29, 1.82) is 0 Å². The first kappa shape index (κ1) is 12.9. The lowest BCUT2D eigenvalue weighted by Crippen LogP contribution is -2.09. The number of rotatable bonds is 4. The molecule has 98 valence electrons. The highest BCUT2D eigenvalue weighted by Gasteiger charge is 2.19. The van der Waals surface area contributed by atoms with Gasteiger partial charge < -0.3 is 0 Å². The van der Waals surface area contributed by atoms with Crippen LogP contribution in [-0.4, -0.2) is 15.7 Å². The van der Waals surface area contributed by atoms with Crippen molar-refractivity contribution >= 4 is 23.1 Å². The SMILES string of the molecule is C=CCSc1nc2c(c(-c3cccs3)n1)CCCC2. The van der Waals surface area contributed by atoms with Crippen LogP contribution in [0.2, 0.25) is 0 Å². The fourth-order valence-corrected chi connectivity index (χ4v) is 3.73. The van der Waals surface area contributed by atoms with Crippen molar-refractivity contribution in [3.05, 3.63) is 41.4 Å². The largest absolute Gasteiger partial charge is 0.227 e. The number of nitrogens with zero attached hydrogens (tertiary/aromatic N) is 2. The second-order valence-corrected chi connectivity index (χ2v) is 6.50. The number of hydrogen-bond acceptors (Lipinski definition) is 4. The number of aromatic nitrogens is 2. The molecule has 0 aromatic carbocycles. The van der Waals surface area contributed by atoms with Gasteiger partial charge in [0, 0.05) is 17.0 Å². The second-order valence-electron chi connectivity index (χ2n) is 4.56. The average molecular weight is 288 g/mol. The fourth-order valence-electron chi connectivity index (χ4n) is 2.39. The Kier molecular flexibility index (Phi) is 3.99. The Morgan fingerprint density at radius 2 is 2.21 bits per heavy atom. The van der Waals surface area contributed by atoms with E-state index in [1.54, 1.807) is 23.1 Å². The quantitative estimate of drug-likeness (QED) is 0.475. The fraction of sp³-hybridized carbons (Fsp3) is 0.333. The van der Waals surface area contributed by atoms with Gasteiger partial charge in [-0.1, -0.05) is 23.9 Å². The van der Waals surface area contributed by atoms with E-state index >= 15 is 0 Å². The van der Waals surface area contributed by atoms with Gasteiger partial charge in [-0.15, -0.1) is 17.9 Å². The maximum atomic E-state index is 4.78. The molecule has 0 radical (unpaired) electrons. The Morgan fingerprint density at radius 1 is 1.32 bits per heavy atom. The van der Waals surface area contributed by atoms with E-state index < -0.39 is 0 Å². The molecule has 0 spiro atoms. The number of thiophene rings is 1. The van der Waals surface area contributed by atoms with E-state index in [1.807, 2.05) is 6.08 Å². The molecule has 0 amide bonds. The zero-order valence-corrected chi connectivity index (χ0v) is 12.4. The third-order valence-corrected chi connectivity index (χ3v) is 4.97. The van der Waals surface area contributed by atoms with Crippen molar-refractivity contribution in [2.24, 2.45) is 0 Å². The van der Waals surface area contributed by atoms with E-state index in [-0.39, 0.29) is 0 Å². The van der Waals surface area contributed by atoms with Crippen LogP contribution < -0.4 is 0 Å². The van der Waals surface area contributed by atoms with Gasteiger partial charge in [-0.3, -0.25) is 0 Å². The molecule has 1 aliphatic carbocycles. The maximum Gasteiger partial charge on any atom is 0.188 e. The van der Waals surface area contributed by atoms with Gasteiger partial charge in [0.1, 0.15) is 0 Å². The van der Waals surface area contributed by atoms with Crippen molar-refractivity contribution in [2.45, 2.75) is 30.8 Å². The summed E-state index contributed by atoms with van der Waals surface area (Å²) in [6.07, 6.45) is 6.62. The smallest absolute Gasteiger partial charge is 0.188 e. The Morgan fingerprint density at radius 3 is 3.00 bits per heavy atom. The van der Waals surface area contributed by atoms with Crippen LogP contribution in [-0.2, 0) is 12.8 Å². The minimum absolute atomic E-state index is 0.864. The lowest BCUT2D eigenvalue weighted by Gasteiger charge is -2.18. The predicted octanol–water partition coefficient (Wildman–Crippen LogP) is 4.36. The average Bonchev–Trinajstić information content (AvgIpc) is 2.98. The van der Waals surface area contributed by atoms with Crippen LogP contribution in [0.15, 0.2) is 35.3 Å². The summed E-state index contributed by atoms with van der Waals surface area (Å²) in [5.74, 6) is 0.864. The van der Waals surface area contributed by atoms with E-state index in [9.17, 15) is 0 Å². The van der Waals surface area contributed by atoms with E-state index in [4.69, 9.17) is 9.97 Å². The molecule has 4 heteroatoms. The van der Waals surface area contributed by atoms with Crippen molar-refractivity contribution < 1.29 is 0 Å². The van der Waals surface area contributed by atoms with Crippen molar-refractivity contribution in [2.75, 3.05) is 5.75 Å². The molecule has 3 rings (SSSR count). The Balaban J connectivity index is 2.06. The topological polar surface area (TPSA) is 25.8 Å². The summed E-state index contributed by atoms with van der Waals surface area (Å²) in [5, 5.41) is 3.01. The molecule has 0 aliphatic heterocycles. The second kappa shape index (κ2) is 5.88. The van der Waals surface area contributed by atoms with Gasteiger partial charge in [0.25, 0.3) is 0 Å². The molecule has 2 nitrogen and oxygen atoms in total. The number of hydrogen-bond donors (Lipinski definition) is 0. The molecule has 0 unspecified atom stereocenters. The molecule has 0 N–H and O–H groups in total. The molecule has 0 bridgehead atoms. The molecule has 1 aliphatic rings. The summed E-state index contributed by atoms with van der Waals surface area (Å²) in [7, 11) is 0. The monoisotopic (exact) mass is 288 g/mol. The van der Waals surface area contributed by atoms with Gasteiger partial charge in [0.2, 0.25) is 0 Å². The number of thioether (sulfide) groups is 1. The van der Waals surface area contributed by atoms with E-state index in [0.29, 0.717) is 0 Å². The summed E-state index contributed by atoms with van der Waals surface area (Å²) in [5.41, 5.74) is 3.79. The predicted molar refractivity (Wildman–Crippen MR) is 82.9 cm³/mol. The van der Waals surface area contributed by atoms with Crippen molar-refractivity contribution in [1.82, 2.24) is 9.97 Å². The first-order valence-corrected chi connectivity index (χ1v) is 8.42. The van der Waals surface area contributed by atoms with Gasteiger partial charge >= 0.3 is 0 Å². The number of fused-ring (bicyclic) bond motifs is 1. The maximum absolute atomic E-state index is 4.78. The van der Waals surface area contributed by atoms with Crippen LogP contribution in [0.3, 0.4) is 0 Å². The first-order valence-electron chi connectivity index (χ1n) is 6.56. The molecule has 0 saturated heterocycles. The summed E-state index contributed by atoms with van der Waals surface area (Å²) >= 11 is 3.43. The molecule has 2 aromatic rings. The van der Waals surface area contributed by atoms with Gasteiger partial charge in [-0.2, -0.15) is 0 Å². The zero-order chi connectivity index (χ0) is 13.1. The molecule has 2 aromatic heterocycles. The van der Waals surface area contributed by atoms with Gasteiger partial charge in [0.05, 0.1) is 10.6 Å². The molecule has 0 atom stereocenters. The van der Waals surface area contributed by atoms with Crippen LogP contribution in [0.5, 0.6) is 0 Å². The highest BCUT2D eigenvalue weighted by molar-refractivity contribution is 7.99. The van der Waals surface area contributed by atoms with E-state index in [2.05, 4.69) is 24.1 Å². The summed E-state index contributed by atoms with van der Waals surface area (Å²) in [6.45, 7) is 3.76. The zero-order valence-electron chi connectivity index (χ0n) is 10.8. The van der Waals surface area contributed by atoms with Crippen LogP contribution >= 0.6 is 23.1 Å². The normalized spacial score (nSPS) is 14.1. The van der Waals surface area contributed by atoms with Crippen LogP contribution in [0, 0.1) is 0 Å². The molecular weight excluding hydrogens is 272 g/mol. The highest BCUT2D eigenvalue weighted by atomic mass is 32.2. The minimum atomic E-state index is 0.864. The van der Waals surface area contributed by atoms with Gasteiger partial charge in [-0.25, -0.2) is 9.97 Å². The Hall–Kier alpha value is -1.13. The Bertz CT molecular complexity index is 576. The molecule has 19 heavy (non-hydrogen) atoms. The lowest BCUT2D eigenvalue weighted by molar-refractivity contribution is 0.652. The third kappa shape index (κ3) is 2.74. The Labute approximate surface area is 122 Å². The van der Waals surface area contributed by atoms with E-state index in [0.717, 1.165) is 29.4 Å². The minimum Gasteiger partial charge on any atom is -0.227 e.